The predicted molar refractivity (Wildman–Crippen MR) is 80.3 cm³/mol. The summed E-state index contributed by atoms with van der Waals surface area (Å²) < 4.78 is 40.6. The Kier molecular flexibility index (Phi) is 4.05. The zero-order chi connectivity index (χ0) is 15.7. The molecule has 2 saturated heterocycles. The van der Waals surface area contributed by atoms with Gasteiger partial charge in [-0.05, 0) is 12.1 Å². The van der Waals surface area contributed by atoms with Crippen molar-refractivity contribution in [1.82, 2.24) is 0 Å². The molecule has 0 bridgehead atoms. The highest BCUT2D eigenvalue weighted by atomic mass is 32.3. The fourth-order valence-electron chi connectivity index (χ4n) is 2.86. The first-order valence-corrected chi connectivity index (χ1v) is 8.57. The second-order valence-electron chi connectivity index (χ2n) is 5.39. The quantitative estimate of drug-likeness (QED) is 0.772. The molecule has 0 aliphatic carbocycles. The van der Waals surface area contributed by atoms with Gasteiger partial charge in [-0.15, -0.1) is 3.89 Å². The van der Waals surface area contributed by atoms with Gasteiger partial charge in [0.25, 0.3) is 0 Å². The number of para-hydroxylation sites is 2. The summed E-state index contributed by atoms with van der Waals surface area (Å²) in [5.41, 5.74) is 1.47. The van der Waals surface area contributed by atoms with Crippen LogP contribution in [0.2, 0.25) is 0 Å². The molecule has 1 amide bonds. The number of rotatable bonds is 3. The van der Waals surface area contributed by atoms with Crippen LogP contribution in [-0.2, 0) is 19.8 Å². The molecular formula is C14H17FN2O4S. The molecule has 0 radical (unpaired) electrons. The van der Waals surface area contributed by atoms with E-state index in [2.05, 4.69) is 4.90 Å². The van der Waals surface area contributed by atoms with Gasteiger partial charge in [-0.1, -0.05) is 12.1 Å². The van der Waals surface area contributed by atoms with Crippen molar-refractivity contribution in [2.45, 2.75) is 11.7 Å². The molecule has 22 heavy (non-hydrogen) atoms. The highest BCUT2D eigenvalue weighted by molar-refractivity contribution is 7.87. The van der Waals surface area contributed by atoms with Gasteiger partial charge in [0, 0.05) is 26.1 Å². The number of morpholine rings is 1. The molecule has 2 fully saturated rings. The smallest absolute Gasteiger partial charge is 0.307 e. The van der Waals surface area contributed by atoms with Crippen molar-refractivity contribution in [2.75, 3.05) is 42.6 Å². The van der Waals surface area contributed by atoms with Gasteiger partial charge in [0.1, 0.15) is 5.25 Å². The van der Waals surface area contributed by atoms with Crippen LogP contribution in [0.15, 0.2) is 24.3 Å². The summed E-state index contributed by atoms with van der Waals surface area (Å²) in [5.74, 6) is -0.369. The lowest BCUT2D eigenvalue weighted by Crippen LogP contribution is -2.38. The first-order valence-electron chi connectivity index (χ1n) is 7.12. The number of amides is 1. The van der Waals surface area contributed by atoms with Gasteiger partial charge in [0.15, 0.2) is 0 Å². The van der Waals surface area contributed by atoms with Crippen LogP contribution < -0.4 is 9.80 Å². The highest BCUT2D eigenvalue weighted by Gasteiger charge is 2.40. The normalized spacial score (nSPS) is 23.1. The molecule has 1 atom stereocenters. The van der Waals surface area contributed by atoms with Crippen molar-refractivity contribution >= 4 is 27.5 Å². The molecule has 2 aliphatic heterocycles. The van der Waals surface area contributed by atoms with E-state index in [-0.39, 0.29) is 18.9 Å². The van der Waals surface area contributed by atoms with Crippen LogP contribution in [0.3, 0.4) is 0 Å². The number of hydrogen-bond donors (Lipinski definition) is 0. The summed E-state index contributed by atoms with van der Waals surface area (Å²) in [4.78, 5) is 15.6. The number of carbonyl (C=O) groups is 1. The maximum atomic E-state index is 13.2. The van der Waals surface area contributed by atoms with Gasteiger partial charge >= 0.3 is 10.2 Å². The average Bonchev–Trinajstić information content (AvgIpc) is 2.90. The number of halogens is 1. The van der Waals surface area contributed by atoms with E-state index in [1.54, 1.807) is 12.1 Å². The first kappa shape index (κ1) is 15.2. The van der Waals surface area contributed by atoms with Crippen LogP contribution in [0.4, 0.5) is 15.3 Å². The summed E-state index contributed by atoms with van der Waals surface area (Å²) in [6, 6.07) is 7.28. The Morgan fingerprint density at radius 3 is 2.36 bits per heavy atom. The lowest BCUT2D eigenvalue weighted by Gasteiger charge is -2.32. The van der Waals surface area contributed by atoms with E-state index in [4.69, 9.17) is 4.74 Å². The van der Waals surface area contributed by atoms with Crippen LogP contribution >= 0.6 is 0 Å². The van der Waals surface area contributed by atoms with Gasteiger partial charge in [0.2, 0.25) is 5.91 Å². The molecular weight excluding hydrogens is 311 g/mol. The minimum Gasteiger partial charge on any atom is -0.378 e. The Labute approximate surface area is 128 Å². The van der Waals surface area contributed by atoms with Crippen molar-refractivity contribution in [1.29, 1.82) is 0 Å². The molecule has 1 aromatic carbocycles. The maximum absolute atomic E-state index is 13.2. The van der Waals surface area contributed by atoms with Gasteiger partial charge in [0.05, 0.1) is 24.6 Å². The Hall–Kier alpha value is -1.67. The van der Waals surface area contributed by atoms with Crippen molar-refractivity contribution in [3.8, 4) is 0 Å². The Morgan fingerprint density at radius 1 is 1.14 bits per heavy atom. The number of carbonyl (C=O) groups excluding carboxylic acids is 1. The zero-order valence-electron chi connectivity index (χ0n) is 11.9. The van der Waals surface area contributed by atoms with Crippen LogP contribution in [0.25, 0.3) is 0 Å². The third kappa shape index (κ3) is 2.93. The fourth-order valence-corrected chi connectivity index (χ4v) is 3.53. The second kappa shape index (κ2) is 5.85. The molecule has 0 N–H and O–H groups in total. The van der Waals surface area contributed by atoms with Crippen LogP contribution in [-0.4, -0.2) is 52.4 Å². The molecule has 1 aromatic rings. The summed E-state index contributed by atoms with van der Waals surface area (Å²) >= 11 is 0. The predicted octanol–water partition coefficient (Wildman–Crippen LogP) is 0.928. The van der Waals surface area contributed by atoms with Gasteiger partial charge in [-0.2, -0.15) is 8.42 Å². The van der Waals surface area contributed by atoms with Crippen molar-refractivity contribution < 1.29 is 21.8 Å². The van der Waals surface area contributed by atoms with Gasteiger partial charge < -0.3 is 14.5 Å². The molecule has 2 heterocycles. The SMILES string of the molecule is O=C1CC(S(=O)(=O)F)CN1c1ccccc1N1CCOCC1. The van der Waals surface area contributed by atoms with E-state index in [9.17, 15) is 17.1 Å². The molecule has 8 heteroatoms. The van der Waals surface area contributed by atoms with Crippen LogP contribution in [0.1, 0.15) is 6.42 Å². The third-order valence-corrected chi connectivity index (χ3v) is 5.12. The summed E-state index contributed by atoms with van der Waals surface area (Å²) in [5, 5.41) is -1.28. The molecule has 2 aliphatic rings. The molecule has 3 rings (SSSR count). The largest absolute Gasteiger partial charge is 0.378 e. The molecule has 0 saturated carbocycles. The number of anilines is 2. The molecule has 1 unspecified atom stereocenters. The monoisotopic (exact) mass is 328 g/mol. The van der Waals surface area contributed by atoms with E-state index >= 15 is 0 Å². The number of benzene rings is 1. The Morgan fingerprint density at radius 2 is 1.77 bits per heavy atom. The van der Waals surface area contributed by atoms with E-state index < -0.39 is 15.5 Å². The van der Waals surface area contributed by atoms with E-state index in [0.717, 1.165) is 5.69 Å². The molecule has 0 aromatic heterocycles. The summed E-state index contributed by atoms with van der Waals surface area (Å²) in [6.45, 7) is 2.46. The average molecular weight is 328 g/mol. The Balaban J connectivity index is 1.90. The van der Waals surface area contributed by atoms with Gasteiger partial charge in [-0.25, -0.2) is 0 Å². The van der Waals surface area contributed by atoms with Crippen molar-refractivity contribution in [3.05, 3.63) is 24.3 Å². The van der Waals surface area contributed by atoms with E-state index in [1.807, 2.05) is 12.1 Å². The van der Waals surface area contributed by atoms with Crippen LogP contribution in [0.5, 0.6) is 0 Å². The number of hydrogen-bond acceptors (Lipinski definition) is 5. The summed E-state index contributed by atoms with van der Waals surface area (Å²) in [7, 11) is -4.71. The van der Waals surface area contributed by atoms with Crippen molar-refractivity contribution in [3.63, 3.8) is 0 Å². The lowest BCUT2D eigenvalue weighted by atomic mass is 10.2. The maximum Gasteiger partial charge on any atom is 0.307 e. The minimum absolute atomic E-state index is 0.140. The highest BCUT2D eigenvalue weighted by Crippen LogP contribution is 2.34. The minimum atomic E-state index is -4.71. The van der Waals surface area contributed by atoms with Gasteiger partial charge in [-0.3, -0.25) is 4.79 Å². The van der Waals surface area contributed by atoms with E-state index in [0.29, 0.717) is 32.0 Å². The molecule has 0 spiro atoms. The molecule has 6 nitrogen and oxygen atoms in total. The number of ether oxygens (including phenoxy) is 1. The number of nitrogens with zero attached hydrogens (tertiary/aromatic N) is 2. The topological polar surface area (TPSA) is 66.9 Å². The standard InChI is InChI=1S/C14H17FN2O4S/c15-22(19,20)11-9-14(18)17(10-11)13-4-2-1-3-12(13)16-5-7-21-8-6-16/h1-4,11H,5-10H2. The zero-order valence-corrected chi connectivity index (χ0v) is 12.8. The first-order chi connectivity index (χ1) is 10.5. The van der Waals surface area contributed by atoms with Crippen LogP contribution in [0, 0.1) is 0 Å². The van der Waals surface area contributed by atoms with E-state index in [1.165, 1.54) is 4.90 Å². The molecule has 120 valence electrons. The summed E-state index contributed by atoms with van der Waals surface area (Å²) in [6.07, 6.45) is -0.309. The second-order valence-corrected chi connectivity index (χ2v) is 7.01. The lowest BCUT2D eigenvalue weighted by molar-refractivity contribution is -0.117. The van der Waals surface area contributed by atoms with Crippen molar-refractivity contribution in [2.24, 2.45) is 0 Å². The fraction of sp³-hybridized carbons (Fsp3) is 0.500. The Bertz CT molecular complexity index is 673. The third-order valence-electron chi connectivity index (χ3n) is 4.01.